The summed E-state index contributed by atoms with van der Waals surface area (Å²) in [7, 11) is 0. The Morgan fingerprint density at radius 2 is 1.83 bits per heavy atom. The van der Waals surface area contributed by atoms with Crippen molar-refractivity contribution in [3.63, 3.8) is 0 Å². The molecule has 186 valence electrons. The van der Waals surface area contributed by atoms with Gasteiger partial charge in [0.15, 0.2) is 0 Å². The minimum absolute atomic E-state index is 0.0353. The zero-order chi connectivity index (χ0) is 25.7. The fraction of sp³-hybridized carbons (Fsp3) is 0.276. The summed E-state index contributed by atoms with van der Waals surface area (Å²) in [5.41, 5.74) is 4.77. The first-order valence-corrected chi connectivity index (χ1v) is 12.2. The number of nitrogens with one attached hydrogen (secondary N) is 1. The van der Waals surface area contributed by atoms with Gasteiger partial charge in [-0.25, -0.2) is 4.39 Å². The smallest absolute Gasteiger partial charge is 0.255 e. The van der Waals surface area contributed by atoms with Gasteiger partial charge in [0.2, 0.25) is 0 Å². The Hall–Kier alpha value is -4.00. The summed E-state index contributed by atoms with van der Waals surface area (Å²) in [5.74, 6) is -0.492. The Morgan fingerprint density at radius 3 is 2.56 bits per heavy atom. The van der Waals surface area contributed by atoms with Crippen molar-refractivity contribution in [2.45, 2.75) is 39.7 Å². The molecule has 0 aliphatic rings. The summed E-state index contributed by atoms with van der Waals surface area (Å²) in [6.07, 6.45) is 5.44. The van der Waals surface area contributed by atoms with Gasteiger partial charge < -0.3 is 10.4 Å². The first-order chi connectivity index (χ1) is 17.4. The lowest BCUT2D eigenvalue weighted by Gasteiger charge is -2.13. The molecule has 7 heteroatoms. The average Bonchev–Trinajstić information content (AvgIpc) is 3.33. The number of hydrogen-bond acceptors (Lipinski definition) is 4. The second-order valence-corrected chi connectivity index (χ2v) is 9.21. The van der Waals surface area contributed by atoms with Crippen LogP contribution in [-0.2, 0) is 6.42 Å². The quantitative estimate of drug-likeness (QED) is 0.302. The number of pyridine rings is 1. The summed E-state index contributed by atoms with van der Waals surface area (Å²) in [6.45, 7) is 6.73. The molecule has 2 aromatic heterocycles. The molecule has 2 aromatic carbocycles. The molecule has 0 radical (unpaired) electrons. The number of rotatable bonds is 9. The number of benzene rings is 2. The number of halogens is 1. The molecular formula is C29H31FN4O2. The predicted octanol–water partition coefficient (Wildman–Crippen LogP) is 6.04. The van der Waals surface area contributed by atoms with Crippen molar-refractivity contribution in [1.82, 2.24) is 20.1 Å². The van der Waals surface area contributed by atoms with E-state index < -0.39 is 0 Å². The van der Waals surface area contributed by atoms with E-state index in [1.54, 1.807) is 36.5 Å². The molecule has 2 heterocycles. The molecule has 0 aliphatic heterocycles. The molecule has 0 saturated heterocycles. The third-order valence-electron chi connectivity index (χ3n) is 6.34. The number of para-hydroxylation sites is 1. The van der Waals surface area contributed by atoms with Gasteiger partial charge in [-0.1, -0.05) is 26.0 Å². The Morgan fingerprint density at radius 1 is 1.08 bits per heavy atom. The molecular weight excluding hydrogens is 455 g/mol. The normalized spacial score (nSPS) is 12.8. The predicted molar refractivity (Wildman–Crippen MR) is 139 cm³/mol. The first kappa shape index (κ1) is 25.1. The lowest BCUT2D eigenvalue weighted by Crippen LogP contribution is -2.29. The number of amides is 1. The van der Waals surface area contributed by atoms with Crippen LogP contribution in [0, 0.1) is 11.7 Å². The maximum atomic E-state index is 13.5. The van der Waals surface area contributed by atoms with Crippen LogP contribution < -0.4 is 5.32 Å². The van der Waals surface area contributed by atoms with Crippen molar-refractivity contribution in [1.29, 1.82) is 0 Å². The van der Waals surface area contributed by atoms with Crippen molar-refractivity contribution >= 4 is 5.91 Å². The standard InChI is InChI=1S/C29H31FN4O2/c1-4-20(3)34-18-26(28(33-34)21-9-11-23(30)12-10-21)22-13-14-31-24(16-22)15-19(2)17-32-29(36)25-7-5-6-8-27(25)35/h5-14,16,18-20,35H,4,15,17H2,1-3H3,(H,32,36). The van der Waals surface area contributed by atoms with Crippen molar-refractivity contribution in [3.05, 3.63) is 90.1 Å². The number of carbonyl (C=O) groups is 1. The van der Waals surface area contributed by atoms with Crippen LogP contribution in [-0.4, -0.2) is 32.3 Å². The van der Waals surface area contributed by atoms with Crippen LogP contribution in [0.5, 0.6) is 5.75 Å². The summed E-state index contributed by atoms with van der Waals surface area (Å²) in [4.78, 5) is 17.0. The van der Waals surface area contributed by atoms with Crippen molar-refractivity contribution in [2.24, 2.45) is 5.92 Å². The van der Waals surface area contributed by atoms with E-state index in [1.807, 2.05) is 29.9 Å². The minimum Gasteiger partial charge on any atom is -0.507 e. The van der Waals surface area contributed by atoms with Crippen molar-refractivity contribution < 1.29 is 14.3 Å². The van der Waals surface area contributed by atoms with Crippen LogP contribution in [0.3, 0.4) is 0 Å². The summed E-state index contributed by atoms with van der Waals surface area (Å²) < 4.78 is 15.5. The molecule has 2 N–H and O–H groups in total. The van der Waals surface area contributed by atoms with E-state index in [2.05, 4.69) is 24.1 Å². The Balaban J connectivity index is 1.53. The van der Waals surface area contributed by atoms with Crippen LogP contribution in [0.2, 0.25) is 0 Å². The number of phenols is 1. The zero-order valence-electron chi connectivity index (χ0n) is 20.8. The fourth-order valence-corrected chi connectivity index (χ4v) is 4.05. The van der Waals surface area contributed by atoms with Gasteiger partial charge in [-0.05, 0) is 79.8 Å². The average molecular weight is 487 g/mol. The number of aromatic hydroxyl groups is 1. The van der Waals surface area contributed by atoms with E-state index in [4.69, 9.17) is 5.10 Å². The monoisotopic (exact) mass is 486 g/mol. The van der Waals surface area contributed by atoms with Gasteiger partial charge in [-0.3, -0.25) is 14.5 Å². The number of carbonyl (C=O) groups excluding carboxylic acids is 1. The van der Waals surface area contributed by atoms with Crippen LogP contribution in [0.4, 0.5) is 4.39 Å². The van der Waals surface area contributed by atoms with E-state index >= 15 is 0 Å². The van der Waals surface area contributed by atoms with Crippen molar-refractivity contribution in [3.8, 4) is 28.1 Å². The van der Waals surface area contributed by atoms with E-state index in [1.165, 1.54) is 18.2 Å². The van der Waals surface area contributed by atoms with Gasteiger partial charge in [0, 0.05) is 41.8 Å². The highest BCUT2D eigenvalue weighted by molar-refractivity contribution is 5.96. The molecule has 36 heavy (non-hydrogen) atoms. The molecule has 2 unspecified atom stereocenters. The van der Waals surface area contributed by atoms with Gasteiger partial charge in [0.1, 0.15) is 17.3 Å². The first-order valence-electron chi connectivity index (χ1n) is 12.2. The highest BCUT2D eigenvalue weighted by Gasteiger charge is 2.17. The van der Waals surface area contributed by atoms with E-state index in [-0.39, 0.29) is 35.0 Å². The van der Waals surface area contributed by atoms with Gasteiger partial charge in [-0.15, -0.1) is 0 Å². The zero-order valence-corrected chi connectivity index (χ0v) is 20.8. The Labute approximate surface area is 210 Å². The maximum Gasteiger partial charge on any atom is 0.255 e. The van der Waals surface area contributed by atoms with Gasteiger partial charge >= 0.3 is 0 Å². The van der Waals surface area contributed by atoms with E-state index in [0.29, 0.717) is 13.0 Å². The molecule has 0 aliphatic carbocycles. The third-order valence-corrected chi connectivity index (χ3v) is 6.34. The number of aromatic nitrogens is 3. The number of phenolic OH excluding ortho intramolecular Hbond substituents is 1. The lowest BCUT2D eigenvalue weighted by molar-refractivity contribution is 0.0945. The topological polar surface area (TPSA) is 80.0 Å². The maximum absolute atomic E-state index is 13.5. The van der Waals surface area contributed by atoms with Crippen LogP contribution in [0.15, 0.2) is 73.1 Å². The van der Waals surface area contributed by atoms with Crippen LogP contribution in [0.25, 0.3) is 22.4 Å². The Kier molecular flexibility index (Phi) is 7.78. The van der Waals surface area contributed by atoms with Gasteiger partial charge in [0.05, 0.1) is 5.56 Å². The molecule has 2 atom stereocenters. The highest BCUT2D eigenvalue weighted by Crippen LogP contribution is 2.33. The molecule has 4 aromatic rings. The number of hydrogen-bond donors (Lipinski definition) is 2. The SMILES string of the molecule is CCC(C)n1cc(-c2ccnc(CC(C)CNC(=O)c3ccccc3O)c2)c(-c2ccc(F)cc2)n1. The van der Waals surface area contributed by atoms with Crippen molar-refractivity contribution in [2.75, 3.05) is 6.54 Å². The Bertz CT molecular complexity index is 1330. The van der Waals surface area contributed by atoms with E-state index in [0.717, 1.165) is 34.5 Å². The molecule has 0 saturated carbocycles. The highest BCUT2D eigenvalue weighted by atomic mass is 19.1. The van der Waals surface area contributed by atoms with E-state index in [9.17, 15) is 14.3 Å². The second kappa shape index (κ2) is 11.2. The number of nitrogens with zero attached hydrogens (tertiary/aromatic N) is 3. The molecule has 0 fully saturated rings. The molecule has 1 amide bonds. The molecule has 6 nitrogen and oxygen atoms in total. The van der Waals surface area contributed by atoms with Gasteiger partial charge in [0.25, 0.3) is 5.91 Å². The third kappa shape index (κ3) is 5.79. The molecule has 4 rings (SSSR count). The summed E-state index contributed by atoms with van der Waals surface area (Å²) in [6, 6.07) is 17.1. The summed E-state index contributed by atoms with van der Waals surface area (Å²) in [5, 5.41) is 17.6. The lowest BCUT2D eigenvalue weighted by atomic mass is 9.99. The summed E-state index contributed by atoms with van der Waals surface area (Å²) >= 11 is 0. The van der Waals surface area contributed by atoms with Crippen LogP contribution in [0.1, 0.15) is 49.3 Å². The van der Waals surface area contributed by atoms with Crippen LogP contribution >= 0.6 is 0 Å². The largest absolute Gasteiger partial charge is 0.507 e. The second-order valence-electron chi connectivity index (χ2n) is 9.21. The molecule has 0 bridgehead atoms. The van der Waals surface area contributed by atoms with Gasteiger partial charge in [-0.2, -0.15) is 5.10 Å². The fourth-order valence-electron chi connectivity index (χ4n) is 4.05. The molecule has 0 spiro atoms. The minimum atomic E-state index is -0.303.